The average Bonchev–Trinajstić information content (AvgIpc) is 1.84. The van der Waals surface area contributed by atoms with Crippen molar-refractivity contribution in [3.63, 3.8) is 0 Å². The molecule has 0 aliphatic carbocycles. The second kappa shape index (κ2) is 5.40. The summed E-state index contributed by atoms with van der Waals surface area (Å²) in [5.41, 5.74) is 0.330. The maximum absolute atomic E-state index is 4.02. The summed E-state index contributed by atoms with van der Waals surface area (Å²) in [4.78, 5) is 0. The van der Waals surface area contributed by atoms with Gasteiger partial charge in [-0.3, -0.25) is 0 Å². The SMILES string of the molecule is [CH2]C(C)CC(C)(C)/C=C/CCC. The van der Waals surface area contributed by atoms with Crippen molar-refractivity contribution < 1.29 is 0 Å². The molecule has 0 amide bonds. The van der Waals surface area contributed by atoms with Crippen LogP contribution in [-0.4, -0.2) is 0 Å². The summed E-state index contributed by atoms with van der Waals surface area (Å²) in [6.07, 6.45) is 8.25. The molecule has 0 N–H and O–H groups in total. The van der Waals surface area contributed by atoms with Crippen LogP contribution < -0.4 is 0 Å². The largest absolute Gasteiger partial charge is 0.0880 e. The van der Waals surface area contributed by atoms with E-state index in [4.69, 9.17) is 0 Å². The Bertz CT molecular complexity index is 129. The van der Waals surface area contributed by atoms with Gasteiger partial charge in [0.2, 0.25) is 0 Å². The first-order valence-electron chi connectivity index (χ1n) is 4.98. The third-order valence-corrected chi connectivity index (χ3v) is 1.90. The van der Waals surface area contributed by atoms with Crippen LogP contribution in [-0.2, 0) is 0 Å². The molecule has 0 heterocycles. The summed E-state index contributed by atoms with van der Waals surface area (Å²) in [5, 5.41) is 0. The molecule has 1 atom stereocenters. The van der Waals surface area contributed by atoms with E-state index in [1.54, 1.807) is 0 Å². The Labute approximate surface area is 78.1 Å². The zero-order chi connectivity index (χ0) is 9.61. The third-order valence-electron chi connectivity index (χ3n) is 1.90. The van der Waals surface area contributed by atoms with Gasteiger partial charge < -0.3 is 0 Å². The van der Waals surface area contributed by atoms with E-state index in [-0.39, 0.29) is 0 Å². The molecule has 0 saturated carbocycles. The summed E-state index contributed by atoms with van der Waals surface area (Å²) in [5.74, 6) is 0.547. The highest BCUT2D eigenvalue weighted by atomic mass is 14.2. The molecule has 0 aromatic rings. The molecule has 1 unspecified atom stereocenters. The van der Waals surface area contributed by atoms with Crippen LogP contribution in [0.2, 0.25) is 0 Å². The topological polar surface area (TPSA) is 0 Å². The minimum Gasteiger partial charge on any atom is -0.0880 e. The van der Waals surface area contributed by atoms with Crippen LogP contribution in [0.5, 0.6) is 0 Å². The van der Waals surface area contributed by atoms with Gasteiger partial charge in [-0.25, -0.2) is 0 Å². The summed E-state index contributed by atoms with van der Waals surface area (Å²) in [7, 11) is 0. The Kier molecular flexibility index (Phi) is 5.28. The predicted octanol–water partition coefficient (Wildman–Crippen LogP) is 4.23. The van der Waals surface area contributed by atoms with Gasteiger partial charge in [0.15, 0.2) is 0 Å². The number of hydrogen-bond acceptors (Lipinski definition) is 0. The van der Waals surface area contributed by atoms with E-state index < -0.39 is 0 Å². The molecule has 12 heavy (non-hydrogen) atoms. The first kappa shape index (κ1) is 11.7. The molecular formula is C12H23. The normalized spacial score (nSPS) is 13.2. The molecule has 0 heteroatoms. The van der Waals surface area contributed by atoms with Crippen molar-refractivity contribution >= 4 is 0 Å². The second-order valence-corrected chi connectivity index (χ2v) is 4.49. The van der Waals surface area contributed by atoms with Crippen LogP contribution in [0.15, 0.2) is 12.2 Å². The van der Waals surface area contributed by atoms with E-state index in [1.807, 2.05) is 0 Å². The van der Waals surface area contributed by atoms with Crippen LogP contribution in [0.1, 0.15) is 47.0 Å². The lowest BCUT2D eigenvalue weighted by Crippen LogP contribution is -2.10. The van der Waals surface area contributed by atoms with Crippen molar-refractivity contribution in [2.24, 2.45) is 11.3 Å². The Morgan fingerprint density at radius 1 is 1.42 bits per heavy atom. The molecule has 0 fully saturated rings. The first-order valence-corrected chi connectivity index (χ1v) is 4.98. The Balaban J connectivity index is 3.85. The minimum atomic E-state index is 0.330. The van der Waals surface area contributed by atoms with E-state index in [0.29, 0.717) is 11.3 Å². The Hall–Kier alpha value is -0.260. The number of allylic oxidation sites excluding steroid dienone is 2. The lowest BCUT2D eigenvalue weighted by molar-refractivity contribution is 0.384. The smallest absolute Gasteiger partial charge is 0.0172 e. The van der Waals surface area contributed by atoms with Gasteiger partial charge in [0.25, 0.3) is 0 Å². The van der Waals surface area contributed by atoms with Gasteiger partial charge in [0, 0.05) is 0 Å². The Morgan fingerprint density at radius 2 is 2.00 bits per heavy atom. The van der Waals surface area contributed by atoms with E-state index in [1.165, 1.54) is 19.3 Å². The lowest BCUT2D eigenvalue weighted by atomic mass is 9.83. The summed E-state index contributed by atoms with van der Waals surface area (Å²) in [6, 6.07) is 0. The molecule has 0 aliphatic rings. The molecule has 0 aromatic carbocycles. The van der Waals surface area contributed by atoms with E-state index in [0.717, 1.165) is 0 Å². The van der Waals surface area contributed by atoms with Gasteiger partial charge in [-0.1, -0.05) is 53.2 Å². The highest BCUT2D eigenvalue weighted by molar-refractivity contribution is 4.95. The number of hydrogen-bond donors (Lipinski definition) is 0. The maximum atomic E-state index is 4.02. The van der Waals surface area contributed by atoms with Crippen molar-refractivity contribution in [1.82, 2.24) is 0 Å². The molecule has 0 saturated heterocycles. The standard InChI is InChI=1S/C12H23/c1-6-7-8-9-12(4,5)10-11(2)3/h8-9,11H,2,6-7,10H2,1,3-5H3/b9-8+. The van der Waals surface area contributed by atoms with Gasteiger partial charge in [-0.2, -0.15) is 0 Å². The van der Waals surface area contributed by atoms with E-state index in [9.17, 15) is 0 Å². The van der Waals surface area contributed by atoms with Crippen LogP contribution in [0, 0.1) is 18.3 Å². The van der Waals surface area contributed by atoms with E-state index in [2.05, 4.69) is 46.8 Å². The fourth-order valence-electron chi connectivity index (χ4n) is 1.54. The monoisotopic (exact) mass is 167 g/mol. The van der Waals surface area contributed by atoms with Crippen molar-refractivity contribution in [3.8, 4) is 0 Å². The van der Waals surface area contributed by atoms with Crippen LogP contribution in [0.25, 0.3) is 0 Å². The highest BCUT2D eigenvalue weighted by Crippen LogP contribution is 2.26. The fraction of sp³-hybridized carbons (Fsp3) is 0.750. The van der Waals surface area contributed by atoms with Gasteiger partial charge in [0.05, 0.1) is 0 Å². The zero-order valence-electron chi connectivity index (χ0n) is 9.06. The van der Waals surface area contributed by atoms with Crippen molar-refractivity contribution in [3.05, 3.63) is 19.1 Å². The summed E-state index contributed by atoms with van der Waals surface area (Å²) >= 11 is 0. The van der Waals surface area contributed by atoms with Crippen molar-refractivity contribution in [2.75, 3.05) is 0 Å². The summed E-state index contributed by atoms with van der Waals surface area (Å²) < 4.78 is 0. The zero-order valence-corrected chi connectivity index (χ0v) is 9.06. The van der Waals surface area contributed by atoms with Gasteiger partial charge in [-0.05, 0) is 24.2 Å². The Morgan fingerprint density at radius 3 is 2.42 bits per heavy atom. The van der Waals surface area contributed by atoms with Crippen LogP contribution in [0.4, 0.5) is 0 Å². The third kappa shape index (κ3) is 6.45. The van der Waals surface area contributed by atoms with E-state index >= 15 is 0 Å². The molecule has 0 aliphatic heterocycles. The van der Waals surface area contributed by atoms with Crippen molar-refractivity contribution in [2.45, 2.75) is 47.0 Å². The molecule has 0 nitrogen and oxygen atoms in total. The average molecular weight is 167 g/mol. The first-order chi connectivity index (χ1) is 5.48. The molecule has 0 rings (SSSR count). The number of unbranched alkanes of at least 4 members (excludes halogenated alkanes) is 1. The molecule has 71 valence electrons. The fourth-order valence-corrected chi connectivity index (χ4v) is 1.54. The number of rotatable bonds is 5. The lowest BCUT2D eigenvalue weighted by Gasteiger charge is -2.22. The molecular weight excluding hydrogens is 144 g/mol. The minimum absolute atomic E-state index is 0.330. The second-order valence-electron chi connectivity index (χ2n) is 4.49. The quantitative estimate of drug-likeness (QED) is 0.537. The molecule has 0 bridgehead atoms. The highest BCUT2D eigenvalue weighted by Gasteiger charge is 2.14. The summed E-state index contributed by atoms with van der Waals surface area (Å²) in [6.45, 7) is 13.0. The predicted molar refractivity (Wildman–Crippen MR) is 57.0 cm³/mol. The van der Waals surface area contributed by atoms with Crippen LogP contribution in [0.3, 0.4) is 0 Å². The molecule has 1 radical (unpaired) electrons. The van der Waals surface area contributed by atoms with Crippen molar-refractivity contribution in [1.29, 1.82) is 0 Å². The van der Waals surface area contributed by atoms with Crippen LogP contribution >= 0.6 is 0 Å². The molecule has 0 aromatic heterocycles. The van der Waals surface area contributed by atoms with Gasteiger partial charge in [-0.15, -0.1) is 0 Å². The molecule has 0 spiro atoms. The maximum Gasteiger partial charge on any atom is -0.0172 e. The van der Waals surface area contributed by atoms with Gasteiger partial charge in [0.1, 0.15) is 0 Å². The van der Waals surface area contributed by atoms with Gasteiger partial charge >= 0.3 is 0 Å².